The molecule has 0 aliphatic carbocycles. The number of hydrogen-bond acceptors (Lipinski definition) is 3. The Balaban J connectivity index is 1.49. The van der Waals surface area contributed by atoms with Crippen molar-refractivity contribution in [3.8, 4) is 0 Å². The van der Waals surface area contributed by atoms with E-state index in [9.17, 15) is 4.79 Å². The first kappa shape index (κ1) is 16.7. The molecular weight excluding hydrogens is 310 g/mol. The van der Waals surface area contributed by atoms with E-state index in [-0.39, 0.29) is 6.04 Å². The van der Waals surface area contributed by atoms with Crippen LogP contribution in [0, 0.1) is 0 Å². The topological polar surface area (TPSA) is 26.8 Å². The molecule has 3 rings (SSSR count). The number of carbonyl (C=O) groups is 1. The van der Waals surface area contributed by atoms with Crippen LogP contribution in [-0.4, -0.2) is 66.4 Å². The van der Waals surface area contributed by atoms with E-state index in [4.69, 9.17) is 11.6 Å². The zero-order chi connectivity index (χ0) is 16.2. The summed E-state index contributed by atoms with van der Waals surface area (Å²) in [5.74, 6) is 0.332. The minimum atomic E-state index is 0.103. The third-order valence-electron chi connectivity index (χ3n) is 5.06. The Morgan fingerprint density at radius 2 is 1.78 bits per heavy atom. The summed E-state index contributed by atoms with van der Waals surface area (Å²) in [4.78, 5) is 19.4. The summed E-state index contributed by atoms with van der Waals surface area (Å²) in [6, 6.07) is 8.14. The van der Waals surface area contributed by atoms with Gasteiger partial charge in [0, 0.05) is 37.7 Å². The average Bonchev–Trinajstić information content (AvgIpc) is 2.57. The molecule has 0 bridgehead atoms. The Morgan fingerprint density at radius 3 is 2.43 bits per heavy atom. The van der Waals surface area contributed by atoms with E-state index in [0.717, 1.165) is 50.7 Å². The van der Waals surface area contributed by atoms with Gasteiger partial charge in [-0.1, -0.05) is 30.2 Å². The summed E-state index contributed by atoms with van der Waals surface area (Å²) in [6.45, 7) is 5.57. The Bertz CT molecular complexity index is 526. The fourth-order valence-corrected chi connectivity index (χ4v) is 3.70. The van der Waals surface area contributed by atoms with Gasteiger partial charge in [0.15, 0.2) is 0 Å². The maximum Gasteiger partial charge on any atom is 0.240 e. The van der Waals surface area contributed by atoms with Gasteiger partial charge in [0.1, 0.15) is 0 Å². The first-order valence-corrected chi connectivity index (χ1v) is 8.97. The van der Waals surface area contributed by atoms with Crippen molar-refractivity contribution >= 4 is 17.5 Å². The van der Waals surface area contributed by atoms with Crippen molar-refractivity contribution in [2.24, 2.45) is 0 Å². The lowest BCUT2D eigenvalue weighted by Crippen LogP contribution is -2.55. The summed E-state index contributed by atoms with van der Waals surface area (Å²) < 4.78 is 0. The SMILES string of the molecule is CN1CCCC[C@H]1C(=O)N1CCN(Cc2ccc(Cl)cc2)CC1. The van der Waals surface area contributed by atoms with E-state index in [2.05, 4.69) is 33.9 Å². The maximum atomic E-state index is 12.7. The van der Waals surface area contributed by atoms with Gasteiger partial charge in [-0.15, -0.1) is 0 Å². The van der Waals surface area contributed by atoms with E-state index in [1.165, 1.54) is 18.4 Å². The number of amides is 1. The summed E-state index contributed by atoms with van der Waals surface area (Å²) >= 11 is 5.93. The molecule has 5 heteroatoms. The van der Waals surface area contributed by atoms with Crippen LogP contribution in [-0.2, 0) is 11.3 Å². The molecular formula is C18H26ClN3O. The zero-order valence-corrected chi connectivity index (χ0v) is 14.6. The van der Waals surface area contributed by atoms with Crippen molar-refractivity contribution in [3.05, 3.63) is 34.9 Å². The van der Waals surface area contributed by atoms with Crippen LogP contribution in [0.1, 0.15) is 24.8 Å². The Kier molecular flexibility index (Phi) is 5.57. The quantitative estimate of drug-likeness (QED) is 0.849. The van der Waals surface area contributed by atoms with E-state index in [0.29, 0.717) is 5.91 Å². The van der Waals surface area contributed by atoms with Crippen molar-refractivity contribution in [1.82, 2.24) is 14.7 Å². The highest BCUT2D eigenvalue weighted by atomic mass is 35.5. The second kappa shape index (κ2) is 7.65. The molecule has 0 saturated carbocycles. The highest BCUT2D eigenvalue weighted by Gasteiger charge is 2.31. The third kappa shape index (κ3) is 4.25. The van der Waals surface area contributed by atoms with Gasteiger partial charge < -0.3 is 4.90 Å². The summed E-state index contributed by atoms with van der Waals surface area (Å²) in [7, 11) is 2.08. The summed E-state index contributed by atoms with van der Waals surface area (Å²) in [5, 5.41) is 0.778. The molecule has 0 aromatic heterocycles. The average molecular weight is 336 g/mol. The monoisotopic (exact) mass is 335 g/mol. The second-order valence-corrected chi connectivity index (χ2v) is 7.16. The molecule has 2 aliphatic heterocycles. The van der Waals surface area contributed by atoms with Gasteiger partial charge in [0.05, 0.1) is 6.04 Å². The maximum absolute atomic E-state index is 12.7. The largest absolute Gasteiger partial charge is 0.339 e. The molecule has 1 atom stereocenters. The van der Waals surface area contributed by atoms with Crippen molar-refractivity contribution in [3.63, 3.8) is 0 Å². The second-order valence-electron chi connectivity index (χ2n) is 6.72. The van der Waals surface area contributed by atoms with Crippen LogP contribution < -0.4 is 0 Å². The van der Waals surface area contributed by atoms with Crippen LogP contribution >= 0.6 is 11.6 Å². The van der Waals surface area contributed by atoms with Gasteiger partial charge in [-0.2, -0.15) is 0 Å². The van der Waals surface area contributed by atoms with Crippen molar-refractivity contribution in [2.75, 3.05) is 39.8 Å². The van der Waals surface area contributed by atoms with Gasteiger partial charge >= 0.3 is 0 Å². The van der Waals surface area contributed by atoms with Crippen LogP contribution in [0.4, 0.5) is 0 Å². The summed E-state index contributed by atoms with van der Waals surface area (Å²) in [5.41, 5.74) is 1.28. The van der Waals surface area contributed by atoms with Gasteiger partial charge in [0.2, 0.25) is 5.91 Å². The Morgan fingerprint density at radius 1 is 1.09 bits per heavy atom. The van der Waals surface area contributed by atoms with E-state index in [1.807, 2.05) is 12.1 Å². The molecule has 2 fully saturated rings. The number of likely N-dealkylation sites (N-methyl/N-ethyl adjacent to an activating group) is 1. The third-order valence-corrected chi connectivity index (χ3v) is 5.31. The Labute approximate surface area is 144 Å². The first-order valence-electron chi connectivity index (χ1n) is 8.59. The fourth-order valence-electron chi connectivity index (χ4n) is 3.57. The highest BCUT2D eigenvalue weighted by molar-refractivity contribution is 6.30. The number of likely N-dealkylation sites (tertiary alicyclic amines) is 1. The molecule has 0 spiro atoms. The van der Waals surface area contributed by atoms with E-state index >= 15 is 0 Å². The predicted molar refractivity (Wildman–Crippen MR) is 93.6 cm³/mol. The number of carbonyl (C=O) groups excluding carboxylic acids is 1. The van der Waals surface area contributed by atoms with Crippen LogP contribution in [0.2, 0.25) is 5.02 Å². The van der Waals surface area contributed by atoms with Gasteiger partial charge in [-0.3, -0.25) is 14.6 Å². The zero-order valence-electron chi connectivity index (χ0n) is 13.9. The molecule has 4 nitrogen and oxygen atoms in total. The summed E-state index contributed by atoms with van der Waals surface area (Å²) in [6.07, 6.45) is 3.41. The van der Waals surface area contributed by atoms with Crippen molar-refractivity contribution in [2.45, 2.75) is 31.8 Å². The number of piperazine rings is 1. The number of halogens is 1. The number of rotatable bonds is 3. The minimum absolute atomic E-state index is 0.103. The number of benzene rings is 1. The molecule has 1 amide bonds. The number of hydrogen-bond donors (Lipinski definition) is 0. The Hall–Kier alpha value is -1.10. The molecule has 0 radical (unpaired) electrons. The molecule has 2 heterocycles. The first-order chi connectivity index (χ1) is 11.1. The molecule has 126 valence electrons. The van der Waals surface area contributed by atoms with E-state index in [1.54, 1.807) is 0 Å². The van der Waals surface area contributed by atoms with Crippen LogP contribution in [0.5, 0.6) is 0 Å². The lowest BCUT2D eigenvalue weighted by Gasteiger charge is -2.39. The molecule has 23 heavy (non-hydrogen) atoms. The van der Waals surface area contributed by atoms with E-state index < -0.39 is 0 Å². The van der Waals surface area contributed by atoms with Gasteiger partial charge in [-0.05, 0) is 44.1 Å². The normalized spacial score (nSPS) is 23.9. The standard InChI is InChI=1S/C18H26ClN3O/c1-20-9-3-2-4-17(20)18(23)22-12-10-21(11-13-22)14-15-5-7-16(19)8-6-15/h5-8,17H,2-4,9-14H2,1H3/t17-/m0/s1. The smallest absolute Gasteiger partial charge is 0.240 e. The van der Waals surface area contributed by atoms with Crippen molar-refractivity contribution < 1.29 is 4.79 Å². The minimum Gasteiger partial charge on any atom is -0.339 e. The molecule has 2 aliphatic rings. The molecule has 1 aromatic carbocycles. The number of nitrogens with zero attached hydrogens (tertiary/aromatic N) is 3. The predicted octanol–water partition coefficient (Wildman–Crippen LogP) is 2.47. The lowest BCUT2D eigenvalue weighted by atomic mass is 10.0. The van der Waals surface area contributed by atoms with Gasteiger partial charge in [-0.25, -0.2) is 0 Å². The molecule has 1 aromatic rings. The van der Waals surface area contributed by atoms with Crippen LogP contribution in [0.25, 0.3) is 0 Å². The molecule has 0 N–H and O–H groups in total. The molecule has 0 unspecified atom stereocenters. The van der Waals surface area contributed by atoms with Crippen LogP contribution in [0.15, 0.2) is 24.3 Å². The van der Waals surface area contributed by atoms with Crippen LogP contribution in [0.3, 0.4) is 0 Å². The lowest BCUT2D eigenvalue weighted by molar-refractivity contribution is -0.139. The van der Waals surface area contributed by atoms with Gasteiger partial charge in [0.25, 0.3) is 0 Å². The number of piperidine rings is 1. The fraction of sp³-hybridized carbons (Fsp3) is 0.611. The van der Waals surface area contributed by atoms with Crippen molar-refractivity contribution in [1.29, 1.82) is 0 Å². The molecule has 2 saturated heterocycles. The highest BCUT2D eigenvalue weighted by Crippen LogP contribution is 2.19.